The second-order valence-corrected chi connectivity index (χ2v) is 4.45. The molecule has 0 unspecified atom stereocenters. The van der Waals surface area contributed by atoms with Crippen molar-refractivity contribution in [3.05, 3.63) is 28.8 Å². The first-order valence-electron chi connectivity index (χ1n) is 5.76. The molecule has 88 valence electrons. The Kier molecular flexibility index (Phi) is 3.46. The van der Waals surface area contributed by atoms with Gasteiger partial charge in [0.15, 0.2) is 0 Å². The van der Waals surface area contributed by atoms with Gasteiger partial charge >= 0.3 is 0 Å². The van der Waals surface area contributed by atoms with Crippen molar-refractivity contribution < 1.29 is 9.84 Å². The van der Waals surface area contributed by atoms with Crippen LogP contribution in [-0.2, 0) is 11.3 Å². The van der Waals surface area contributed by atoms with Crippen LogP contribution in [0.5, 0.6) is 5.75 Å². The Labute approximate surface area is 96.6 Å². The van der Waals surface area contributed by atoms with Crippen molar-refractivity contribution in [2.45, 2.75) is 20.4 Å². The smallest absolute Gasteiger partial charge is 0.120 e. The van der Waals surface area contributed by atoms with Gasteiger partial charge in [-0.1, -0.05) is 6.07 Å². The second kappa shape index (κ2) is 4.85. The van der Waals surface area contributed by atoms with E-state index in [0.717, 1.165) is 44.0 Å². The van der Waals surface area contributed by atoms with Crippen LogP contribution in [0.25, 0.3) is 0 Å². The summed E-state index contributed by atoms with van der Waals surface area (Å²) in [5.74, 6) is 0.412. The minimum absolute atomic E-state index is 0.412. The SMILES string of the molecule is Cc1cc(O)c(CN2CCOCC2)cc1C. The van der Waals surface area contributed by atoms with Crippen molar-refractivity contribution >= 4 is 0 Å². The lowest BCUT2D eigenvalue weighted by Crippen LogP contribution is -2.35. The Morgan fingerprint density at radius 2 is 1.81 bits per heavy atom. The summed E-state index contributed by atoms with van der Waals surface area (Å²) in [5.41, 5.74) is 3.40. The lowest BCUT2D eigenvalue weighted by atomic mass is 10.0. The van der Waals surface area contributed by atoms with Gasteiger partial charge in [0.1, 0.15) is 5.75 Å². The zero-order valence-electron chi connectivity index (χ0n) is 9.99. The summed E-state index contributed by atoms with van der Waals surface area (Å²) in [7, 11) is 0. The summed E-state index contributed by atoms with van der Waals surface area (Å²) >= 11 is 0. The van der Waals surface area contributed by atoms with Gasteiger partial charge in [-0.25, -0.2) is 0 Å². The molecule has 0 bridgehead atoms. The minimum Gasteiger partial charge on any atom is -0.508 e. The van der Waals surface area contributed by atoms with Gasteiger partial charge in [0, 0.05) is 25.2 Å². The van der Waals surface area contributed by atoms with Crippen LogP contribution < -0.4 is 0 Å². The van der Waals surface area contributed by atoms with Crippen LogP contribution in [-0.4, -0.2) is 36.3 Å². The summed E-state index contributed by atoms with van der Waals surface area (Å²) in [6.45, 7) is 8.41. The largest absolute Gasteiger partial charge is 0.508 e. The first kappa shape index (κ1) is 11.4. The summed E-state index contributed by atoms with van der Waals surface area (Å²) in [6.07, 6.45) is 0. The Balaban J connectivity index is 2.11. The van der Waals surface area contributed by atoms with Gasteiger partial charge in [0.05, 0.1) is 13.2 Å². The molecule has 3 heteroatoms. The maximum Gasteiger partial charge on any atom is 0.120 e. The van der Waals surface area contributed by atoms with Crippen molar-refractivity contribution in [2.24, 2.45) is 0 Å². The molecule has 0 spiro atoms. The molecule has 0 saturated carbocycles. The third-order valence-electron chi connectivity index (χ3n) is 3.19. The Morgan fingerprint density at radius 1 is 1.19 bits per heavy atom. The normalized spacial score (nSPS) is 17.6. The van der Waals surface area contributed by atoms with Gasteiger partial charge in [-0.05, 0) is 31.0 Å². The van der Waals surface area contributed by atoms with Crippen molar-refractivity contribution in [1.82, 2.24) is 4.90 Å². The zero-order chi connectivity index (χ0) is 11.5. The predicted molar refractivity (Wildman–Crippen MR) is 63.7 cm³/mol. The highest BCUT2D eigenvalue weighted by atomic mass is 16.5. The predicted octanol–water partition coefficient (Wildman–Crippen LogP) is 1.84. The summed E-state index contributed by atoms with van der Waals surface area (Å²) in [5, 5.41) is 9.89. The van der Waals surface area contributed by atoms with Gasteiger partial charge in [0.2, 0.25) is 0 Å². The Bertz CT molecular complexity index is 370. The summed E-state index contributed by atoms with van der Waals surface area (Å²) in [4.78, 5) is 2.31. The quantitative estimate of drug-likeness (QED) is 0.827. The number of hydrogen-bond acceptors (Lipinski definition) is 3. The number of benzene rings is 1. The molecule has 1 saturated heterocycles. The topological polar surface area (TPSA) is 32.7 Å². The fourth-order valence-corrected chi connectivity index (χ4v) is 1.99. The molecule has 0 aliphatic carbocycles. The van der Waals surface area contributed by atoms with E-state index >= 15 is 0 Å². The molecule has 3 nitrogen and oxygen atoms in total. The molecule has 16 heavy (non-hydrogen) atoms. The van der Waals surface area contributed by atoms with Gasteiger partial charge in [-0.2, -0.15) is 0 Å². The van der Waals surface area contributed by atoms with E-state index in [0.29, 0.717) is 5.75 Å². The van der Waals surface area contributed by atoms with Gasteiger partial charge in [-0.3, -0.25) is 4.90 Å². The molecule has 0 radical (unpaired) electrons. The van der Waals surface area contributed by atoms with Crippen LogP contribution in [0.1, 0.15) is 16.7 Å². The van der Waals surface area contributed by atoms with E-state index in [1.54, 1.807) is 0 Å². The van der Waals surface area contributed by atoms with E-state index < -0.39 is 0 Å². The average molecular weight is 221 g/mol. The minimum atomic E-state index is 0.412. The van der Waals surface area contributed by atoms with Crippen LogP contribution in [0.15, 0.2) is 12.1 Å². The molecule has 1 N–H and O–H groups in total. The van der Waals surface area contributed by atoms with Gasteiger partial charge < -0.3 is 9.84 Å². The van der Waals surface area contributed by atoms with Crippen molar-refractivity contribution in [2.75, 3.05) is 26.3 Å². The van der Waals surface area contributed by atoms with Crippen molar-refractivity contribution in [3.63, 3.8) is 0 Å². The van der Waals surface area contributed by atoms with E-state index in [1.165, 1.54) is 5.56 Å². The van der Waals surface area contributed by atoms with Crippen LogP contribution in [0.3, 0.4) is 0 Å². The highest BCUT2D eigenvalue weighted by Crippen LogP contribution is 2.23. The fourth-order valence-electron chi connectivity index (χ4n) is 1.99. The molecule has 0 atom stereocenters. The monoisotopic (exact) mass is 221 g/mol. The highest BCUT2D eigenvalue weighted by Gasteiger charge is 2.13. The number of aryl methyl sites for hydroxylation is 2. The molecular weight excluding hydrogens is 202 g/mol. The van der Waals surface area contributed by atoms with Crippen LogP contribution in [0, 0.1) is 13.8 Å². The Morgan fingerprint density at radius 3 is 2.50 bits per heavy atom. The Hall–Kier alpha value is -1.06. The highest BCUT2D eigenvalue weighted by molar-refractivity contribution is 5.40. The molecule has 2 rings (SSSR count). The number of aromatic hydroxyl groups is 1. The van der Waals surface area contributed by atoms with E-state index in [-0.39, 0.29) is 0 Å². The molecule has 0 amide bonds. The first-order chi connectivity index (χ1) is 7.66. The molecular formula is C13H19NO2. The lowest BCUT2D eigenvalue weighted by molar-refractivity contribution is 0.0339. The number of phenols is 1. The summed E-state index contributed by atoms with van der Waals surface area (Å²) < 4.78 is 5.31. The third kappa shape index (κ3) is 2.54. The van der Waals surface area contributed by atoms with Gasteiger partial charge in [0.25, 0.3) is 0 Å². The number of hydrogen-bond donors (Lipinski definition) is 1. The second-order valence-electron chi connectivity index (χ2n) is 4.45. The molecule has 1 fully saturated rings. The van der Waals surface area contributed by atoms with Crippen LogP contribution in [0.2, 0.25) is 0 Å². The molecule has 1 aliphatic rings. The van der Waals surface area contributed by atoms with E-state index in [9.17, 15) is 5.11 Å². The van der Waals surface area contributed by atoms with Crippen molar-refractivity contribution in [3.8, 4) is 5.75 Å². The molecule has 0 aromatic heterocycles. The molecule has 1 aromatic rings. The lowest BCUT2D eigenvalue weighted by Gasteiger charge is -2.27. The van der Waals surface area contributed by atoms with Crippen molar-refractivity contribution in [1.29, 1.82) is 0 Å². The first-order valence-corrected chi connectivity index (χ1v) is 5.76. The van der Waals surface area contributed by atoms with E-state index in [1.807, 2.05) is 13.0 Å². The maximum atomic E-state index is 9.89. The molecule has 1 aromatic carbocycles. The van der Waals surface area contributed by atoms with Crippen LogP contribution >= 0.6 is 0 Å². The number of phenolic OH excluding ortho intramolecular Hbond substituents is 1. The zero-order valence-corrected chi connectivity index (χ0v) is 9.99. The van der Waals surface area contributed by atoms with Gasteiger partial charge in [-0.15, -0.1) is 0 Å². The standard InChI is InChI=1S/C13H19NO2/c1-10-7-12(13(15)8-11(10)2)9-14-3-5-16-6-4-14/h7-8,15H,3-6,9H2,1-2H3. The number of nitrogens with zero attached hydrogens (tertiary/aromatic N) is 1. The number of rotatable bonds is 2. The average Bonchev–Trinajstić information content (AvgIpc) is 2.27. The van der Waals surface area contributed by atoms with E-state index in [2.05, 4.69) is 17.9 Å². The summed E-state index contributed by atoms with van der Waals surface area (Å²) in [6, 6.07) is 3.94. The molecule has 1 heterocycles. The number of ether oxygens (including phenoxy) is 1. The van der Waals surface area contributed by atoms with E-state index in [4.69, 9.17) is 4.74 Å². The van der Waals surface area contributed by atoms with Crippen LogP contribution in [0.4, 0.5) is 0 Å². The molecule has 1 aliphatic heterocycles. The fraction of sp³-hybridized carbons (Fsp3) is 0.538. The number of morpholine rings is 1. The maximum absolute atomic E-state index is 9.89. The third-order valence-corrected chi connectivity index (χ3v) is 3.19.